The molecule has 1 aliphatic heterocycles. The van der Waals surface area contributed by atoms with Gasteiger partial charge in [-0.05, 0) is 54.5 Å². The molecule has 4 heterocycles. The minimum atomic E-state index is -4.66. The molecule has 0 radical (unpaired) electrons. The van der Waals surface area contributed by atoms with E-state index in [0.29, 0.717) is 36.8 Å². The SMILES string of the molecule is CCCCN(C)C(=O)C1CN(Cc2cc(C(F)(F)F)c3cn(-c4cccc([C@H](c5nncn5C)C5CCC5)c4)c(=O)n3c2)C1. The van der Waals surface area contributed by atoms with Gasteiger partial charge in [0.15, 0.2) is 0 Å². The lowest BCUT2D eigenvalue weighted by Gasteiger charge is -2.40. The Morgan fingerprint density at radius 1 is 1.16 bits per heavy atom. The van der Waals surface area contributed by atoms with Crippen LogP contribution < -0.4 is 5.69 Å². The number of fused-ring (bicyclic) bond motifs is 1. The summed E-state index contributed by atoms with van der Waals surface area (Å²) >= 11 is 0. The first-order valence-corrected chi connectivity index (χ1v) is 15.3. The zero-order chi connectivity index (χ0) is 31.2. The third-order valence-electron chi connectivity index (χ3n) is 9.22. The lowest BCUT2D eigenvalue weighted by atomic mass is 9.72. The second-order valence-corrected chi connectivity index (χ2v) is 12.4. The normalized spacial score (nSPS) is 17.0. The van der Waals surface area contributed by atoms with Crippen LogP contribution in [0.4, 0.5) is 13.2 Å². The molecular weight excluding hydrogens is 571 g/mol. The van der Waals surface area contributed by atoms with Gasteiger partial charge in [-0.25, -0.2) is 4.79 Å². The Kier molecular flexibility index (Phi) is 8.12. The van der Waals surface area contributed by atoms with E-state index in [2.05, 4.69) is 17.1 Å². The van der Waals surface area contributed by atoms with Crippen molar-refractivity contribution in [2.75, 3.05) is 26.7 Å². The summed E-state index contributed by atoms with van der Waals surface area (Å²) in [6, 6.07) is 8.55. The summed E-state index contributed by atoms with van der Waals surface area (Å²) in [5.74, 6) is 1.08. The number of carbonyl (C=O) groups excluding carboxylic acids is 1. The number of aromatic nitrogens is 5. The topological polar surface area (TPSA) is 80.7 Å². The molecule has 1 saturated carbocycles. The lowest BCUT2D eigenvalue weighted by Crippen LogP contribution is -2.53. The van der Waals surface area contributed by atoms with Crippen molar-refractivity contribution < 1.29 is 18.0 Å². The second-order valence-electron chi connectivity index (χ2n) is 12.4. The van der Waals surface area contributed by atoms with E-state index in [9.17, 15) is 22.8 Å². The average molecular weight is 610 g/mol. The lowest BCUT2D eigenvalue weighted by molar-refractivity contribution is -0.140. The number of aryl methyl sites for hydroxylation is 1. The largest absolute Gasteiger partial charge is 0.418 e. The molecule has 2 fully saturated rings. The first-order chi connectivity index (χ1) is 21.0. The van der Waals surface area contributed by atoms with Gasteiger partial charge in [-0.1, -0.05) is 31.9 Å². The number of carbonyl (C=O) groups is 1. The smallest absolute Gasteiger partial charge is 0.345 e. The molecule has 12 heteroatoms. The van der Waals surface area contributed by atoms with Crippen LogP contribution in [0.5, 0.6) is 0 Å². The summed E-state index contributed by atoms with van der Waals surface area (Å²) in [5, 5.41) is 8.42. The van der Waals surface area contributed by atoms with Crippen molar-refractivity contribution >= 4 is 11.4 Å². The van der Waals surface area contributed by atoms with Gasteiger partial charge in [0.05, 0.1) is 22.7 Å². The number of alkyl halides is 3. The van der Waals surface area contributed by atoms with Gasteiger partial charge in [-0.2, -0.15) is 13.2 Å². The molecule has 0 unspecified atom stereocenters. The van der Waals surface area contributed by atoms with Crippen molar-refractivity contribution in [1.29, 1.82) is 0 Å². The maximum absolute atomic E-state index is 14.3. The molecular formula is C32H38F3N7O2. The van der Waals surface area contributed by atoms with E-state index in [1.54, 1.807) is 24.3 Å². The van der Waals surface area contributed by atoms with E-state index in [1.807, 2.05) is 34.7 Å². The van der Waals surface area contributed by atoms with Gasteiger partial charge < -0.3 is 9.47 Å². The molecule has 1 saturated heterocycles. The molecule has 0 bridgehead atoms. The molecule has 0 spiro atoms. The molecule has 9 nitrogen and oxygen atoms in total. The van der Waals surface area contributed by atoms with Crippen molar-refractivity contribution in [1.82, 2.24) is 33.5 Å². The molecule has 1 amide bonds. The number of unbranched alkanes of at least 4 members (excludes halogenated alkanes) is 1. The van der Waals surface area contributed by atoms with Gasteiger partial charge in [0.25, 0.3) is 0 Å². The highest BCUT2D eigenvalue weighted by atomic mass is 19.4. The van der Waals surface area contributed by atoms with E-state index < -0.39 is 17.4 Å². The molecule has 2 aliphatic rings. The summed E-state index contributed by atoms with van der Waals surface area (Å²) < 4.78 is 47.3. The minimum absolute atomic E-state index is 0.0278. The molecule has 1 aromatic carbocycles. The maximum Gasteiger partial charge on any atom is 0.418 e. The molecule has 3 aromatic heterocycles. The van der Waals surface area contributed by atoms with E-state index in [4.69, 9.17) is 0 Å². The summed E-state index contributed by atoms with van der Waals surface area (Å²) in [6.07, 6.45) is 4.94. The standard InChI is InChI=1S/C32H38F3N7O2/c1-4-5-12-38(2)30(43)24-17-40(18-24)15-21-13-26(32(33,34)35)27-19-41(31(44)42(27)16-21)25-11-7-10-23(14-25)28(22-8-6-9-22)29-37-36-20-39(29)3/h7,10-11,13-14,16,19-20,22,24,28H,4-6,8-9,12,15,17-18H2,1-3H3/t28-/m1/s1. The number of benzene rings is 1. The number of hydrogen-bond acceptors (Lipinski definition) is 5. The van der Waals surface area contributed by atoms with Crippen LogP contribution in [-0.4, -0.2) is 66.1 Å². The van der Waals surface area contributed by atoms with Crippen LogP contribution in [-0.2, 0) is 24.6 Å². The Morgan fingerprint density at radius 2 is 1.93 bits per heavy atom. The molecule has 4 aromatic rings. The highest BCUT2D eigenvalue weighted by molar-refractivity contribution is 5.80. The van der Waals surface area contributed by atoms with E-state index in [1.165, 1.54) is 17.0 Å². The van der Waals surface area contributed by atoms with Gasteiger partial charge >= 0.3 is 11.9 Å². The van der Waals surface area contributed by atoms with Crippen molar-refractivity contribution in [3.05, 3.63) is 82.1 Å². The molecule has 6 rings (SSSR count). The zero-order valence-electron chi connectivity index (χ0n) is 25.3. The fraction of sp³-hybridized carbons (Fsp3) is 0.500. The van der Waals surface area contributed by atoms with Crippen molar-refractivity contribution in [3.8, 4) is 5.69 Å². The average Bonchev–Trinajstić information content (AvgIpc) is 3.52. The molecule has 1 aliphatic carbocycles. The van der Waals surface area contributed by atoms with E-state index >= 15 is 0 Å². The summed E-state index contributed by atoms with van der Waals surface area (Å²) in [4.78, 5) is 30.0. The van der Waals surface area contributed by atoms with E-state index in [0.717, 1.165) is 54.0 Å². The van der Waals surface area contributed by atoms with Gasteiger partial charge in [0, 0.05) is 58.6 Å². The number of halogens is 3. The molecule has 234 valence electrons. The first-order valence-electron chi connectivity index (χ1n) is 15.3. The Morgan fingerprint density at radius 3 is 2.57 bits per heavy atom. The molecule has 0 N–H and O–H groups in total. The summed E-state index contributed by atoms with van der Waals surface area (Å²) in [7, 11) is 3.69. The quantitative estimate of drug-likeness (QED) is 0.257. The predicted octanol–water partition coefficient (Wildman–Crippen LogP) is 4.86. The Hall–Kier alpha value is -3.93. The third-order valence-corrected chi connectivity index (χ3v) is 9.22. The highest BCUT2D eigenvalue weighted by Crippen LogP contribution is 2.43. The first kappa shape index (κ1) is 30.1. The fourth-order valence-electron chi connectivity index (χ4n) is 6.52. The van der Waals surface area contributed by atoms with Gasteiger partial charge in [-0.15, -0.1) is 10.2 Å². The Bertz CT molecular complexity index is 1710. The number of imidazole rings is 1. The molecule has 44 heavy (non-hydrogen) atoms. The van der Waals surface area contributed by atoms with Crippen LogP contribution >= 0.6 is 0 Å². The third kappa shape index (κ3) is 5.67. The van der Waals surface area contributed by atoms with Crippen LogP contribution in [0, 0.1) is 11.8 Å². The number of amides is 1. The fourth-order valence-corrected chi connectivity index (χ4v) is 6.52. The Labute approximate surface area is 253 Å². The van der Waals surface area contributed by atoms with Crippen molar-refractivity contribution in [3.63, 3.8) is 0 Å². The number of pyridine rings is 1. The van der Waals surface area contributed by atoms with Gasteiger partial charge in [-0.3, -0.25) is 18.7 Å². The highest BCUT2D eigenvalue weighted by Gasteiger charge is 2.37. The summed E-state index contributed by atoms with van der Waals surface area (Å²) in [6.45, 7) is 3.94. The van der Waals surface area contributed by atoms with Crippen LogP contribution in [0.1, 0.15) is 67.5 Å². The zero-order valence-corrected chi connectivity index (χ0v) is 25.3. The Balaban J connectivity index is 1.30. The van der Waals surface area contributed by atoms with Crippen LogP contribution in [0.25, 0.3) is 11.2 Å². The van der Waals surface area contributed by atoms with Gasteiger partial charge in [0.1, 0.15) is 12.2 Å². The number of likely N-dealkylation sites (tertiary alicyclic amines) is 1. The van der Waals surface area contributed by atoms with Crippen LogP contribution in [0.2, 0.25) is 0 Å². The monoisotopic (exact) mass is 609 g/mol. The number of rotatable bonds is 10. The number of nitrogens with zero attached hydrogens (tertiary/aromatic N) is 7. The van der Waals surface area contributed by atoms with Crippen LogP contribution in [0.15, 0.2) is 53.8 Å². The van der Waals surface area contributed by atoms with Crippen LogP contribution in [0.3, 0.4) is 0 Å². The summed E-state index contributed by atoms with van der Waals surface area (Å²) in [5.41, 5.74) is 0.183. The molecule has 1 atom stereocenters. The van der Waals surface area contributed by atoms with Crippen molar-refractivity contribution in [2.45, 2.75) is 57.7 Å². The second kappa shape index (κ2) is 11.9. The van der Waals surface area contributed by atoms with E-state index in [-0.39, 0.29) is 29.8 Å². The maximum atomic E-state index is 14.3. The van der Waals surface area contributed by atoms with Gasteiger partial charge in [0.2, 0.25) is 5.91 Å². The minimum Gasteiger partial charge on any atom is -0.345 e. The van der Waals surface area contributed by atoms with Crippen molar-refractivity contribution in [2.24, 2.45) is 18.9 Å². The number of hydrogen-bond donors (Lipinski definition) is 0. The predicted molar refractivity (Wildman–Crippen MR) is 159 cm³/mol.